The third-order valence-corrected chi connectivity index (χ3v) is 7.87. The van der Waals surface area contributed by atoms with Gasteiger partial charge in [0.15, 0.2) is 0 Å². The van der Waals surface area contributed by atoms with Gasteiger partial charge in [-0.25, -0.2) is 14.8 Å². The number of hydrogen-bond donors (Lipinski definition) is 1. The number of likely N-dealkylation sites (tertiary alicyclic amines) is 1. The number of rotatable bonds is 4. The van der Waals surface area contributed by atoms with Gasteiger partial charge in [0, 0.05) is 36.1 Å². The molecule has 0 atom stereocenters. The Morgan fingerprint density at radius 2 is 1.74 bits per heavy atom. The molecule has 1 aliphatic rings. The number of pyridine rings is 1. The molecule has 0 radical (unpaired) electrons. The Balaban J connectivity index is 0.000000426. The van der Waals surface area contributed by atoms with Gasteiger partial charge in [0.2, 0.25) is 0 Å². The minimum atomic E-state index is -5.08. The van der Waals surface area contributed by atoms with Crippen LogP contribution in [0, 0.1) is 6.92 Å². The minimum Gasteiger partial charge on any atom is -0.475 e. The Morgan fingerprint density at radius 1 is 1.08 bits per heavy atom. The van der Waals surface area contributed by atoms with Crippen LogP contribution in [0.15, 0.2) is 41.2 Å². The van der Waals surface area contributed by atoms with E-state index in [0.29, 0.717) is 6.04 Å². The van der Waals surface area contributed by atoms with E-state index in [1.165, 1.54) is 0 Å². The summed E-state index contributed by atoms with van der Waals surface area (Å²) >= 11 is 3.22. The Kier molecular flexibility index (Phi) is 8.19. The zero-order valence-electron chi connectivity index (χ0n) is 20.9. The summed E-state index contributed by atoms with van der Waals surface area (Å²) < 4.78 is 33.8. The quantitative estimate of drug-likeness (QED) is 0.362. The second-order valence-electron chi connectivity index (χ2n) is 8.98. The molecule has 1 saturated heterocycles. The molecule has 5 rings (SSSR count). The van der Waals surface area contributed by atoms with E-state index in [2.05, 4.69) is 33.8 Å². The molecule has 4 aromatic heterocycles. The minimum absolute atomic E-state index is 0.109. The van der Waals surface area contributed by atoms with Crippen LogP contribution in [0.5, 0.6) is 0 Å². The molecule has 0 aliphatic carbocycles. The molecular weight excluding hydrogens is 539 g/mol. The number of hydrogen-bond acceptors (Lipinski definition) is 7. The van der Waals surface area contributed by atoms with Gasteiger partial charge < -0.3 is 19.3 Å². The molecule has 13 heteroatoms. The molecule has 0 unspecified atom stereocenters. The summed E-state index contributed by atoms with van der Waals surface area (Å²) in [7, 11) is 4.23. The Bertz CT molecular complexity index is 1440. The van der Waals surface area contributed by atoms with Gasteiger partial charge in [0.25, 0.3) is 5.91 Å². The molecule has 38 heavy (non-hydrogen) atoms. The number of aryl methyl sites for hydroxylation is 1. The van der Waals surface area contributed by atoms with E-state index in [-0.39, 0.29) is 5.91 Å². The first-order chi connectivity index (χ1) is 18.0. The summed E-state index contributed by atoms with van der Waals surface area (Å²) in [6.07, 6.45) is -1.05. The molecule has 1 amide bonds. The van der Waals surface area contributed by atoms with Crippen LogP contribution in [0.2, 0.25) is 0 Å². The first-order valence-corrected chi connectivity index (χ1v) is 13.5. The Morgan fingerprint density at radius 3 is 2.32 bits per heavy atom. The third kappa shape index (κ3) is 6.05. The molecular formula is C25H26F3N5O3S2. The van der Waals surface area contributed by atoms with Gasteiger partial charge in [-0.3, -0.25) is 4.79 Å². The van der Waals surface area contributed by atoms with Crippen LogP contribution in [-0.2, 0) is 4.79 Å². The topological polar surface area (TPSA) is 91.0 Å². The lowest BCUT2D eigenvalue weighted by molar-refractivity contribution is -0.192. The molecule has 8 nitrogen and oxygen atoms in total. The predicted molar refractivity (Wildman–Crippen MR) is 141 cm³/mol. The van der Waals surface area contributed by atoms with E-state index in [4.69, 9.17) is 14.9 Å². The summed E-state index contributed by atoms with van der Waals surface area (Å²) in [5, 5.41) is 13.2. The van der Waals surface area contributed by atoms with Crippen LogP contribution in [0.25, 0.3) is 27.6 Å². The van der Waals surface area contributed by atoms with Crippen molar-refractivity contribution in [1.82, 2.24) is 24.2 Å². The zero-order chi connectivity index (χ0) is 27.6. The van der Waals surface area contributed by atoms with Crippen molar-refractivity contribution < 1.29 is 27.9 Å². The van der Waals surface area contributed by atoms with Crippen molar-refractivity contribution in [3.63, 3.8) is 0 Å². The first-order valence-electron chi connectivity index (χ1n) is 11.7. The van der Waals surface area contributed by atoms with E-state index >= 15 is 0 Å². The predicted octanol–water partition coefficient (Wildman–Crippen LogP) is 5.29. The average molecular weight is 566 g/mol. The van der Waals surface area contributed by atoms with Gasteiger partial charge in [-0.15, -0.1) is 22.7 Å². The van der Waals surface area contributed by atoms with Gasteiger partial charge in [-0.1, -0.05) is 6.07 Å². The fourth-order valence-corrected chi connectivity index (χ4v) is 5.69. The Hall–Kier alpha value is -3.29. The van der Waals surface area contributed by atoms with Gasteiger partial charge in [0.05, 0.1) is 27.5 Å². The average Bonchev–Trinajstić information content (AvgIpc) is 3.61. The van der Waals surface area contributed by atoms with Gasteiger partial charge >= 0.3 is 12.1 Å². The summed E-state index contributed by atoms with van der Waals surface area (Å²) in [5.41, 5.74) is 4.41. The highest BCUT2D eigenvalue weighted by molar-refractivity contribution is 7.14. The van der Waals surface area contributed by atoms with Crippen molar-refractivity contribution in [2.45, 2.75) is 32.0 Å². The summed E-state index contributed by atoms with van der Waals surface area (Å²) in [6, 6.07) is 8.54. The van der Waals surface area contributed by atoms with Crippen molar-refractivity contribution in [2.24, 2.45) is 0 Å². The lowest BCUT2D eigenvalue weighted by atomic mass is 10.0. The van der Waals surface area contributed by atoms with Crippen LogP contribution in [0.4, 0.5) is 13.2 Å². The summed E-state index contributed by atoms with van der Waals surface area (Å²) in [5.74, 6) is -2.65. The Labute approximate surface area is 225 Å². The number of amides is 1. The standard InChI is InChI=1S/C23H25N5OS2.C2HF3O2/c1-15-24-19(14-30-15)22-25-18(13-31-22)21-12-17(20-6-4-5-9-28(20)21)23(29)27-10-7-16(8-11-27)26(2)3;3-2(4,5)1(6)7/h4-6,9,12-14,16H,7-8,10-11H2,1-3H3;(H,6,7). The smallest absolute Gasteiger partial charge is 0.475 e. The number of halogens is 3. The SMILES string of the molecule is Cc1nc(-c2nc(-c3cc(C(=O)N4CCC(N(C)C)CC4)c4ccccn34)cs2)cs1.O=C(O)C(F)(F)F. The molecule has 4 aromatic rings. The van der Waals surface area contributed by atoms with Gasteiger partial charge in [-0.05, 0) is 52.1 Å². The van der Waals surface area contributed by atoms with Crippen LogP contribution in [0.3, 0.4) is 0 Å². The van der Waals surface area contributed by atoms with Crippen molar-refractivity contribution in [3.8, 4) is 22.1 Å². The number of carboxylic acid groups (broad SMARTS) is 1. The number of nitrogens with zero attached hydrogens (tertiary/aromatic N) is 5. The summed E-state index contributed by atoms with van der Waals surface area (Å²) in [6.45, 7) is 3.60. The lowest BCUT2D eigenvalue weighted by Gasteiger charge is -2.35. The molecule has 202 valence electrons. The fourth-order valence-electron chi connectivity index (χ4n) is 4.25. The van der Waals surface area contributed by atoms with E-state index in [1.54, 1.807) is 22.7 Å². The number of carbonyl (C=O) groups is 2. The maximum Gasteiger partial charge on any atom is 0.490 e. The van der Waals surface area contributed by atoms with E-state index < -0.39 is 12.1 Å². The molecule has 5 heterocycles. The van der Waals surface area contributed by atoms with Crippen molar-refractivity contribution in [3.05, 3.63) is 51.8 Å². The van der Waals surface area contributed by atoms with Crippen LogP contribution in [0.1, 0.15) is 28.2 Å². The molecule has 0 bridgehead atoms. The van der Waals surface area contributed by atoms with Crippen LogP contribution >= 0.6 is 22.7 Å². The van der Waals surface area contributed by atoms with Gasteiger partial charge in [-0.2, -0.15) is 13.2 Å². The maximum atomic E-state index is 13.4. The molecule has 0 saturated carbocycles. The van der Waals surface area contributed by atoms with Crippen molar-refractivity contribution in [1.29, 1.82) is 0 Å². The van der Waals surface area contributed by atoms with Crippen molar-refractivity contribution in [2.75, 3.05) is 27.2 Å². The molecule has 1 N–H and O–H groups in total. The van der Waals surface area contributed by atoms with E-state index in [9.17, 15) is 18.0 Å². The highest BCUT2D eigenvalue weighted by Crippen LogP contribution is 2.32. The molecule has 1 fully saturated rings. The van der Waals surface area contributed by atoms with E-state index in [1.807, 2.05) is 47.7 Å². The van der Waals surface area contributed by atoms with Crippen molar-refractivity contribution >= 4 is 40.1 Å². The number of carboxylic acids is 1. The molecule has 0 spiro atoms. The number of fused-ring (bicyclic) bond motifs is 1. The molecule has 1 aliphatic heterocycles. The lowest BCUT2D eigenvalue weighted by Crippen LogP contribution is -2.44. The number of carbonyl (C=O) groups excluding carboxylic acids is 1. The monoisotopic (exact) mass is 565 g/mol. The number of thiazole rings is 2. The molecule has 0 aromatic carbocycles. The van der Waals surface area contributed by atoms with E-state index in [0.717, 1.165) is 64.1 Å². The van der Waals surface area contributed by atoms with Gasteiger partial charge in [0.1, 0.15) is 10.7 Å². The number of alkyl halides is 3. The van der Waals surface area contributed by atoms with Crippen LogP contribution < -0.4 is 0 Å². The number of piperidine rings is 1. The normalized spacial score (nSPS) is 14.6. The summed E-state index contributed by atoms with van der Waals surface area (Å²) in [4.78, 5) is 36.0. The second-order valence-corrected chi connectivity index (χ2v) is 10.9. The zero-order valence-corrected chi connectivity index (χ0v) is 22.5. The second kappa shape index (κ2) is 11.2. The fraction of sp³-hybridized carbons (Fsp3) is 0.360. The highest BCUT2D eigenvalue weighted by Gasteiger charge is 2.38. The highest BCUT2D eigenvalue weighted by atomic mass is 32.1. The maximum absolute atomic E-state index is 13.4. The van der Waals surface area contributed by atoms with Crippen LogP contribution in [-0.4, -0.2) is 80.6 Å². The number of aromatic nitrogens is 3. The first kappa shape index (κ1) is 27.7. The number of aliphatic carboxylic acids is 1. The largest absolute Gasteiger partial charge is 0.490 e. The third-order valence-electron chi connectivity index (χ3n) is 6.24.